The molecule has 1 N–H and O–H groups in total. The summed E-state index contributed by atoms with van der Waals surface area (Å²) in [5.41, 5.74) is 3.97. The van der Waals surface area contributed by atoms with Crippen LogP contribution >= 0.6 is 15.9 Å². The summed E-state index contributed by atoms with van der Waals surface area (Å²) in [6, 6.07) is 11.2. The Bertz CT molecular complexity index is 544. The lowest BCUT2D eigenvalue weighted by atomic mass is 9.94. The fourth-order valence-corrected chi connectivity index (χ4v) is 2.66. The van der Waals surface area contributed by atoms with Crippen LogP contribution in [0, 0.1) is 19.7 Å². The van der Waals surface area contributed by atoms with Crippen molar-refractivity contribution in [1.82, 2.24) is 5.32 Å². The van der Waals surface area contributed by atoms with Gasteiger partial charge in [-0.05, 0) is 50.2 Å². The second-order valence-electron chi connectivity index (χ2n) is 4.75. The van der Waals surface area contributed by atoms with Gasteiger partial charge in [0.15, 0.2) is 0 Å². The zero-order chi connectivity index (χ0) is 14.0. The minimum absolute atomic E-state index is 0.141. The zero-order valence-corrected chi connectivity index (χ0v) is 12.9. The molecular formula is C16H17BrFN. The molecule has 0 aliphatic carbocycles. The average molecular weight is 322 g/mol. The number of benzene rings is 2. The van der Waals surface area contributed by atoms with E-state index >= 15 is 0 Å². The maximum atomic E-state index is 14.1. The molecule has 1 nitrogen and oxygen atoms in total. The van der Waals surface area contributed by atoms with Crippen LogP contribution in [-0.4, -0.2) is 7.05 Å². The van der Waals surface area contributed by atoms with E-state index in [2.05, 4.69) is 21.2 Å². The highest BCUT2D eigenvalue weighted by Crippen LogP contribution is 2.29. The second kappa shape index (κ2) is 5.85. The van der Waals surface area contributed by atoms with E-state index in [-0.39, 0.29) is 11.9 Å². The van der Waals surface area contributed by atoms with Gasteiger partial charge in [0.05, 0.1) is 6.04 Å². The van der Waals surface area contributed by atoms with Gasteiger partial charge in [-0.25, -0.2) is 4.39 Å². The Morgan fingerprint density at radius 2 is 1.79 bits per heavy atom. The van der Waals surface area contributed by atoms with Crippen molar-refractivity contribution >= 4 is 15.9 Å². The molecule has 0 spiro atoms. The summed E-state index contributed by atoms with van der Waals surface area (Å²) in [5.74, 6) is -0.177. The first-order valence-electron chi connectivity index (χ1n) is 6.22. The van der Waals surface area contributed by atoms with Crippen LogP contribution in [0.25, 0.3) is 0 Å². The van der Waals surface area contributed by atoms with E-state index in [4.69, 9.17) is 0 Å². The maximum absolute atomic E-state index is 14.1. The summed E-state index contributed by atoms with van der Waals surface area (Å²) in [6.07, 6.45) is 0. The van der Waals surface area contributed by atoms with Crippen LogP contribution in [-0.2, 0) is 0 Å². The first-order chi connectivity index (χ1) is 9.02. The third kappa shape index (κ3) is 3.04. The van der Waals surface area contributed by atoms with E-state index in [0.717, 1.165) is 21.2 Å². The minimum atomic E-state index is -0.177. The van der Waals surface area contributed by atoms with E-state index in [9.17, 15) is 4.39 Å². The van der Waals surface area contributed by atoms with Gasteiger partial charge < -0.3 is 5.32 Å². The van der Waals surface area contributed by atoms with E-state index in [0.29, 0.717) is 5.56 Å². The van der Waals surface area contributed by atoms with Crippen LogP contribution < -0.4 is 5.32 Å². The third-order valence-electron chi connectivity index (χ3n) is 3.30. The van der Waals surface area contributed by atoms with Crippen molar-refractivity contribution in [3.8, 4) is 0 Å². The molecule has 0 saturated carbocycles. The lowest BCUT2D eigenvalue weighted by Gasteiger charge is -2.21. The Kier molecular flexibility index (Phi) is 4.38. The monoisotopic (exact) mass is 321 g/mol. The Morgan fingerprint density at radius 3 is 2.47 bits per heavy atom. The molecule has 0 radical (unpaired) electrons. The van der Waals surface area contributed by atoms with Gasteiger partial charge in [0.25, 0.3) is 0 Å². The van der Waals surface area contributed by atoms with Crippen molar-refractivity contribution in [1.29, 1.82) is 0 Å². The Morgan fingerprint density at radius 1 is 1.05 bits per heavy atom. The van der Waals surface area contributed by atoms with Crippen molar-refractivity contribution < 1.29 is 4.39 Å². The van der Waals surface area contributed by atoms with Gasteiger partial charge in [-0.3, -0.25) is 0 Å². The van der Waals surface area contributed by atoms with Crippen LogP contribution in [0.5, 0.6) is 0 Å². The first-order valence-corrected chi connectivity index (χ1v) is 7.01. The van der Waals surface area contributed by atoms with E-state index in [1.165, 1.54) is 6.07 Å². The maximum Gasteiger partial charge on any atom is 0.128 e. The highest BCUT2D eigenvalue weighted by atomic mass is 79.9. The van der Waals surface area contributed by atoms with Crippen LogP contribution in [0.2, 0.25) is 0 Å². The Labute approximate surface area is 122 Å². The highest BCUT2D eigenvalue weighted by Gasteiger charge is 2.18. The summed E-state index contributed by atoms with van der Waals surface area (Å²) in [7, 11) is 1.85. The number of hydrogen-bond donors (Lipinski definition) is 1. The molecule has 0 amide bonds. The lowest BCUT2D eigenvalue weighted by Crippen LogP contribution is -2.20. The first kappa shape index (κ1) is 14.2. The summed E-state index contributed by atoms with van der Waals surface area (Å²) >= 11 is 3.48. The molecule has 0 aliphatic heterocycles. The van der Waals surface area contributed by atoms with E-state index < -0.39 is 0 Å². The van der Waals surface area contributed by atoms with Gasteiger partial charge in [0, 0.05) is 10.0 Å². The van der Waals surface area contributed by atoms with Crippen molar-refractivity contribution in [2.75, 3.05) is 7.05 Å². The van der Waals surface area contributed by atoms with Crippen LogP contribution in [0.3, 0.4) is 0 Å². The number of halogens is 2. The number of rotatable bonds is 3. The lowest BCUT2D eigenvalue weighted by molar-refractivity contribution is 0.574. The molecule has 0 fully saturated rings. The average Bonchev–Trinajstić information content (AvgIpc) is 2.38. The predicted molar refractivity (Wildman–Crippen MR) is 80.9 cm³/mol. The van der Waals surface area contributed by atoms with Gasteiger partial charge in [0.2, 0.25) is 0 Å². The molecule has 100 valence electrons. The molecule has 2 aromatic carbocycles. The van der Waals surface area contributed by atoms with Gasteiger partial charge in [-0.1, -0.05) is 39.7 Å². The summed E-state index contributed by atoms with van der Waals surface area (Å²) in [4.78, 5) is 0. The largest absolute Gasteiger partial charge is 0.309 e. The van der Waals surface area contributed by atoms with Crippen LogP contribution in [0.1, 0.15) is 28.3 Å². The molecule has 0 bridgehead atoms. The molecule has 3 heteroatoms. The molecule has 0 heterocycles. The van der Waals surface area contributed by atoms with E-state index in [1.54, 1.807) is 6.07 Å². The molecule has 2 rings (SSSR count). The fourth-order valence-electron chi connectivity index (χ4n) is 2.29. The SMILES string of the molecule is CNC(c1cc(Br)ccc1C)c1cc(C)ccc1F. The Hall–Kier alpha value is -1.19. The number of hydrogen-bond acceptors (Lipinski definition) is 1. The van der Waals surface area contributed by atoms with Gasteiger partial charge in [-0.15, -0.1) is 0 Å². The van der Waals surface area contributed by atoms with Crippen molar-refractivity contribution in [2.45, 2.75) is 19.9 Å². The molecule has 2 aromatic rings. The van der Waals surface area contributed by atoms with Crippen molar-refractivity contribution in [3.63, 3.8) is 0 Å². The molecule has 0 aromatic heterocycles. The molecular weight excluding hydrogens is 305 g/mol. The molecule has 0 aliphatic rings. The van der Waals surface area contributed by atoms with Gasteiger partial charge >= 0.3 is 0 Å². The van der Waals surface area contributed by atoms with Gasteiger partial charge in [-0.2, -0.15) is 0 Å². The summed E-state index contributed by atoms with van der Waals surface area (Å²) in [6.45, 7) is 4.02. The van der Waals surface area contributed by atoms with Crippen LogP contribution in [0.15, 0.2) is 40.9 Å². The summed E-state index contributed by atoms with van der Waals surface area (Å²) in [5, 5.41) is 3.21. The van der Waals surface area contributed by atoms with E-state index in [1.807, 2.05) is 45.2 Å². The predicted octanol–water partition coefficient (Wildman–Crippen LogP) is 4.51. The second-order valence-corrected chi connectivity index (χ2v) is 5.66. The number of aryl methyl sites for hydroxylation is 2. The summed E-state index contributed by atoms with van der Waals surface area (Å²) < 4.78 is 15.1. The normalized spacial score (nSPS) is 12.5. The fraction of sp³-hybridized carbons (Fsp3) is 0.250. The zero-order valence-electron chi connectivity index (χ0n) is 11.3. The van der Waals surface area contributed by atoms with Crippen molar-refractivity contribution in [2.24, 2.45) is 0 Å². The van der Waals surface area contributed by atoms with Crippen LogP contribution in [0.4, 0.5) is 4.39 Å². The highest BCUT2D eigenvalue weighted by molar-refractivity contribution is 9.10. The van der Waals surface area contributed by atoms with Gasteiger partial charge in [0.1, 0.15) is 5.82 Å². The van der Waals surface area contributed by atoms with Crippen molar-refractivity contribution in [3.05, 3.63) is 68.9 Å². The molecule has 19 heavy (non-hydrogen) atoms. The smallest absolute Gasteiger partial charge is 0.128 e. The minimum Gasteiger partial charge on any atom is -0.309 e. The Balaban J connectivity index is 2.55. The quantitative estimate of drug-likeness (QED) is 0.876. The topological polar surface area (TPSA) is 12.0 Å². The molecule has 1 atom stereocenters. The standard InChI is InChI=1S/C16H17BrFN/c1-10-4-7-15(18)14(8-10)16(19-3)13-9-12(17)6-5-11(13)2/h4-9,16,19H,1-3H3. The third-order valence-corrected chi connectivity index (χ3v) is 3.80. The molecule has 1 unspecified atom stereocenters. The molecule has 0 saturated heterocycles. The number of nitrogens with one attached hydrogen (secondary N) is 1.